The zero-order valence-corrected chi connectivity index (χ0v) is 15.5. The second-order valence-electron chi connectivity index (χ2n) is 6.96. The summed E-state index contributed by atoms with van der Waals surface area (Å²) in [5, 5.41) is 2.51. The molecule has 4 rings (SSSR count). The molecule has 2 amide bonds. The minimum absolute atomic E-state index is 0.126. The highest BCUT2D eigenvalue weighted by Crippen LogP contribution is 2.32. The van der Waals surface area contributed by atoms with E-state index in [-0.39, 0.29) is 48.9 Å². The number of nitrogens with one attached hydrogen (secondary N) is 1. The highest BCUT2D eigenvalue weighted by atomic mass is 19.3. The van der Waals surface area contributed by atoms with Gasteiger partial charge in [0.2, 0.25) is 0 Å². The molecule has 0 aliphatic carbocycles. The molecule has 1 N–H and O–H groups in total. The van der Waals surface area contributed by atoms with Crippen LogP contribution in [0.25, 0.3) is 0 Å². The van der Waals surface area contributed by atoms with Crippen LogP contribution in [0.2, 0.25) is 0 Å². The van der Waals surface area contributed by atoms with Crippen LogP contribution in [0, 0.1) is 11.6 Å². The number of amides is 2. The van der Waals surface area contributed by atoms with Gasteiger partial charge in [-0.05, 0) is 12.1 Å². The van der Waals surface area contributed by atoms with Gasteiger partial charge in [0.1, 0.15) is 17.4 Å². The smallest absolute Gasteiger partial charge is 0.263 e. The summed E-state index contributed by atoms with van der Waals surface area (Å²) in [6, 6.07) is 5.39. The number of halogens is 4. The number of carbonyl (C=O) groups is 2. The Morgan fingerprint density at radius 1 is 1.20 bits per heavy atom. The molecule has 0 unspecified atom stereocenters. The average molecular weight is 424 g/mol. The van der Waals surface area contributed by atoms with Crippen LogP contribution in [0.1, 0.15) is 27.9 Å². The van der Waals surface area contributed by atoms with Gasteiger partial charge in [0, 0.05) is 30.3 Å². The van der Waals surface area contributed by atoms with E-state index in [1.54, 1.807) is 0 Å². The number of nitrogens with zero attached hydrogens (tertiary/aromatic N) is 1. The SMILES string of the molecule is O=C1COc2cc(F)c(C(=O)N3CC(OCc4ccc(C(F)F)cc4F)C3)cc2N1. The van der Waals surface area contributed by atoms with Crippen molar-refractivity contribution in [1.29, 1.82) is 0 Å². The zero-order chi connectivity index (χ0) is 21.4. The standard InChI is InChI=1S/C20H16F4N2O4/c21-14-3-10(19(23)24)1-2-11(14)8-29-12-6-26(7-12)20(28)13-4-16-17(5-15(13)22)30-9-18(27)25-16/h1-5,12,19H,6-9H2,(H,25,27). The van der Waals surface area contributed by atoms with Crippen LogP contribution in [0.4, 0.5) is 23.2 Å². The number of benzene rings is 2. The quantitative estimate of drug-likeness (QED) is 0.749. The molecule has 0 bridgehead atoms. The average Bonchev–Trinajstić information content (AvgIpc) is 2.67. The van der Waals surface area contributed by atoms with Crippen molar-refractivity contribution >= 4 is 17.5 Å². The van der Waals surface area contributed by atoms with Gasteiger partial charge in [-0.15, -0.1) is 0 Å². The Kier molecular flexibility index (Phi) is 5.33. The summed E-state index contributed by atoms with van der Waals surface area (Å²) in [7, 11) is 0. The lowest BCUT2D eigenvalue weighted by atomic mass is 10.1. The summed E-state index contributed by atoms with van der Waals surface area (Å²) < 4.78 is 63.9. The van der Waals surface area contributed by atoms with Gasteiger partial charge in [0.05, 0.1) is 24.0 Å². The molecule has 2 aromatic carbocycles. The maximum atomic E-state index is 14.3. The molecule has 0 saturated carbocycles. The fraction of sp³-hybridized carbons (Fsp3) is 0.300. The number of rotatable bonds is 5. The molecule has 0 spiro atoms. The Balaban J connectivity index is 1.34. The molecule has 0 atom stereocenters. The molecule has 2 aliphatic rings. The molecule has 2 aromatic rings. The van der Waals surface area contributed by atoms with E-state index in [4.69, 9.17) is 9.47 Å². The lowest BCUT2D eigenvalue weighted by Crippen LogP contribution is -2.54. The summed E-state index contributed by atoms with van der Waals surface area (Å²) >= 11 is 0. The Hall–Kier alpha value is -3.14. The highest BCUT2D eigenvalue weighted by Gasteiger charge is 2.34. The number of anilines is 1. The van der Waals surface area contributed by atoms with Crippen molar-refractivity contribution in [2.45, 2.75) is 19.1 Å². The third kappa shape index (κ3) is 3.95. The molecular formula is C20H16F4N2O4. The summed E-state index contributed by atoms with van der Waals surface area (Å²) in [6.07, 6.45) is -3.16. The van der Waals surface area contributed by atoms with Crippen molar-refractivity contribution in [3.05, 3.63) is 58.7 Å². The largest absolute Gasteiger partial charge is 0.481 e. The first-order valence-electron chi connectivity index (χ1n) is 9.05. The molecule has 1 fully saturated rings. The van der Waals surface area contributed by atoms with Crippen molar-refractivity contribution in [3.8, 4) is 5.75 Å². The number of hydrogen-bond donors (Lipinski definition) is 1. The highest BCUT2D eigenvalue weighted by molar-refractivity contribution is 6.00. The van der Waals surface area contributed by atoms with Gasteiger partial charge in [0.25, 0.3) is 18.2 Å². The predicted octanol–water partition coefficient (Wildman–Crippen LogP) is 3.27. The normalized spacial score (nSPS) is 16.0. The maximum absolute atomic E-state index is 14.3. The topological polar surface area (TPSA) is 67.9 Å². The Morgan fingerprint density at radius 3 is 2.67 bits per heavy atom. The molecule has 6 nitrogen and oxygen atoms in total. The Labute approximate surface area is 168 Å². The summed E-state index contributed by atoms with van der Waals surface area (Å²) in [6.45, 7) is -0.0428. The molecule has 1 saturated heterocycles. The third-order valence-electron chi connectivity index (χ3n) is 4.87. The van der Waals surface area contributed by atoms with E-state index in [0.29, 0.717) is 0 Å². The van der Waals surface area contributed by atoms with Crippen LogP contribution in [0.5, 0.6) is 5.75 Å². The fourth-order valence-corrected chi connectivity index (χ4v) is 3.17. The van der Waals surface area contributed by atoms with E-state index < -0.39 is 41.5 Å². The number of alkyl halides is 2. The van der Waals surface area contributed by atoms with E-state index in [0.717, 1.165) is 18.2 Å². The Bertz CT molecular complexity index is 1010. The Morgan fingerprint density at radius 2 is 1.97 bits per heavy atom. The zero-order valence-electron chi connectivity index (χ0n) is 15.5. The fourth-order valence-electron chi connectivity index (χ4n) is 3.17. The lowest BCUT2D eigenvalue weighted by molar-refractivity contribution is -0.118. The van der Waals surface area contributed by atoms with Crippen LogP contribution in [-0.2, 0) is 16.1 Å². The number of hydrogen-bond acceptors (Lipinski definition) is 4. The first kappa shape index (κ1) is 20.1. The van der Waals surface area contributed by atoms with Gasteiger partial charge in [-0.3, -0.25) is 9.59 Å². The molecule has 0 aromatic heterocycles. The van der Waals surface area contributed by atoms with Crippen molar-refractivity contribution < 1.29 is 36.6 Å². The third-order valence-corrected chi connectivity index (χ3v) is 4.87. The molecule has 2 aliphatic heterocycles. The van der Waals surface area contributed by atoms with Crippen LogP contribution < -0.4 is 10.1 Å². The maximum Gasteiger partial charge on any atom is 0.263 e. The summed E-state index contributed by atoms with van der Waals surface area (Å²) in [4.78, 5) is 25.3. The summed E-state index contributed by atoms with van der Waals surface area (Å²) in [5.74, 6) is -2.41. The van der Waals surface area contributed by atoms with Gasteiger partial charge >= 0.3 is 0 Å². The van der Waals surface area contributed by atoms with Gasteiger partial charge in [-0.1, -0.05) is 12.1 Å². The first-order chi connectivity index (χ1) is 14.3. The van der Waals surface area contributed by atoms with Crippen LogP contribution in [0.15, 0.2) is 30.3 Å². The van der Waals surface area contributed by atoms with Crippen molar-refractivity contribution in [1.82, 2.24) is 4.90 Å². The van der Waals surface area contributed by atoms with Gasteiger partial charge < -0.3 is 19.7 Å². The second kappa shape index (κ2) is 7.94. The van der Waals surface area contributed by atoms with Crippen LogP contribution in [0.3, 0.4) is 0 Å². The first-order valence-corrected chi connectivity index (χ1v) is 9.05. The van der Waals surface area contributed by atoms with E-state index in [1.807, 2.05) is 0 Å². The van der Waals surface area contributed by atoms with Crippen molar-refractivity contribution in [2.75, 3.05) is 25.0 Å². The molecular weight excluding hydrogens is 408 g/mol. The molecule has 0 radical (unpaired) electrons. The number of fused-ring (bicyclic) bond motifs is 1. The summed E-state index contributed by atoms with van der Waals surface area (Å²) in [5.41, 5.74) is -0.287. The molecule has 30 heavy (non-hydrogen) atoms. The van der Waals surface area contributed by atoms with Crippen molar-refractivity contribution in [3.63, 3.8) is 0 Å². The van der Waals surface area contributed by atoms with Crippen molar-refractivity contribution in [2.24, 2.45) is 0 Å². The van der Waals surface area contributed by atoms with Gasteiger partial charge in [0.15, 0.2) is 6.61 Å². The van der Waals surface area contributed by atoms with E-state index in [9.17, 15) is 27.2 Å². The van der Waals surface area contributed by atoms with Crippen LogP contribution in [-0.4, -0.2) is 42.5 Å². The van der Waals surface area contributed by atoms with E-state index in [2.05, 4.69) is 5.32 Å². The predicted molar refractivity (Wildman–Crippen MR) is 96.4 cm³/mol. The van der Waals surface area contributed by atoms with E-state index in [1.165, 1.54) is 17.0 Å². The van der Waals surface area contributed by atoms with Crippen LogP contribution >= 0.6 is 0 Å². The molecule has 158 valence electrons. The number of carbonyl (C=O) groups excluding carboxylic acids is 2. The minimum Gasteiger partial charge on any atom is -0.481 e. The monoisotopic (exact) mass is 424 g/mol. The number of likely N-dealkylation sites (tertiary alicyclic amines) is 1. The second-order valence-corrected chi connectivity index (χ2v) is 6.96. The number of ether oxygens (including phenoxy) is 2. The minimum atomic E-state index is -2.76. The van der Waals surface area contributed by atoms with Gasteiger partial charge in [-0.25, -0.2) is 17.6 Å². The lowest BCUT2D eigenvalue weighted by Gasteiger charge is -2.39. The molecule has 2 heterocycles. The molecule has 10 heteroatoms. The van der Waals surface area contributed by atoms with Gasteiger partial charge in [-0.2, -0.15) is 0 Å². The van der Waals surface area contributed by atoms with E-state index >= 15 is 0 Å².